The van der Waals surface area contributed by atoms with Crippen LogP contribution in [0, 0.1) is 0 Å². The van der Waals surface area contributed by atoms with Crippen LogP contribution in [0.4, 0.5) is 5.69 Å². The molecule has 0 radical (unpaired) electrons. The summed E-state index contributed by atoms with van der Waals surface area (Å²) in [4.78, 5) is 48.0. The molecule has 138 valence electrons. The van der Waals surface area contributed by atoms with Crippen molar-refractivity contribution in [2.45, 2.75) is 32.7 Å². The maximum atomic E-state index is 11.9. The number of rotatable bonds is 5. The Bertz CT molecular complexity index is 904. The van der Waals surface area contributed by atoms with Crippen LogP contribution >= 0.6 is 0 Å². The van der Waals surface area contributed by atoms with E-state index in [1.165, 1.54) is 6.20 Å². The van der Waals surface area contributed by atoms with Crippen LogP contribution < -0.4 is 16.6 Å². The number of hydrogen-bond donors (Lipinski definition) is 2. The van der Waals surface area contributed by atoms with E-state index in [1.54, 1.807) is 12.1 Å². The SMILES string of the molecule is CC(C)(C)c1ccc(NC(=O)COC(=O)Cn2ccc(=O)[nH]c2=O)cc1. The van der Waals surface area contributed by atoms with Gasteiger partial charge in [0.2, 0.25) is 0 Å². The van der Waals surface area contributed by atoms with Gasteiger partial charge >= 0.3 is 11.7 Å². The second kappa shape index (κ2) is 7.81. The summed E-state index contributed by atoms with van der Waals surface area (Å²) in [6, 6.07) is 8.51. The van der Waals surface area contributed by atoms with E-state index in [0.717, 1.165) is 16.2 Å². The number of esters is 1. The predicted molar refractivity (Wildman–Crippen MR) is 96.1 cm³/mol. The summed E-state index contributed by atoms with van der Waals surface area (Å²) < 4.78 is 5.82. The van der Waals surface area contributed by atoms with Gasteiger partial charge in [0, 0.05) is 18.0 Å². The molecular formula is C18H21N3O5. The zero-order valence-corrected chi connectivity index (χ0v) is 14.9. The maximum absolute atomic E-state index is 11.9. The topological polar surface area (TPSA) is 110 Å². The Morgan fingerprint density at radius 2 is 1.77 bits per heavy atom. The van der Waals surface area contributed by atoms with E-state index in [4.69, 9.17) is 4.74 Å². The van der Waals surface area contributed by atoms with E-state index in [1.807, 2.05) is 17.1 Å². The van der Waals surface area contributed by atoms with Crippen molar-refractivity contribution in [2.24, 2.45) is 0 Å². The quantitative estimate of drug-likeness (QED) is 0.775. The van der Waals surface area contributed by atoms with Gasteiger partial charge in [-0.25, -0.2) is 4.79 Å². The number of aromatic amines is 1. The summed E-state index contributed by atoms with van der Waals surface area (Å²) >= 11 is 0. The largest absolute Gasteiger partial charge is 0.454 e. The number of benzene rings is 1. The molecule has 1 aromatic heterocycles. The third-order valence-corrected chi connectivity index (χ3v) is 3.60. The molecule has 2 N–H and O–H groups in total. The van der Waals surface area contributed by atoms with Gasteiger partial charge in [-0.15, -0.1) is 0 Å². The Morgan fingerprint density at radius 1 is 1.12 bits per heavy atom. The highest BCUT2D eigenvalue weighted by molar-refractivity contribution is 5.92. The van der Waals surface area contributed by atoms with Crippen LogP contribution in [0.2, 0.25) is 0 Å². The molecule has 0 aliphatic heterocycles. The van der Waals surface area contributed by atoms with Crippen LogP contribution in [0.1, 0.15) is 26.3 Å². The number of carbonyl (C=O) groups is 2. The minimum atomic E-state index is -0.766. The first-order chi connectivity index (χ1) is 12.1. The van der Waals surface area contributed by atoms with Crippen molar-refractivity contribution in [2.75, 3.05) is 11.9 Å². The van der Waals surface area contributed by atoms with Crippen molar-refractivity contribution in [3.05, 3.63) is 62.9 Å². The minimum Gasteiger partial charge on any atom is -0.454 e. The Morgan fingerprint density at radius 3 is 2.35 bits per heavy atom. The molecule has 0 aliphatic rings. The molecule has 0 saturated carbocycles. The monoisotopic (exact) mass is 359 g/mol. The third kappa shape index (κ3) is 5.44. The van der Waals surface area contributed by atoms with E-state index in [2.05, 4.69) is 26.1 Å². The summed E-state index contributed by atoms with van der Waals surface area (Å²) in [5, 5.41) is 2.63. The van der Waals surface area contributed by atoms with Crippen LogP contribution in [0.3, 0.4) is 0 Å². The number of nitrogens with zero attached hydrogens (tertiary/aromatic N) is 1. The van der Waals surface area contributed by atoms with Crippen LogP contribution in [0.15, 0.2) is 46.1 Å². The fourth-order valence-corrected chi connectivity index (χ4v) is 2.15. The zero-order chi connectivity index (χ0) is 19.3. The summed E-state index contributed by atoms with van der Waals surface area (Å²) in [6.07, 6.45) is 1.18. The second-order valence-corrected chi connectivity index (χ2v) is 6.77. The standard InChI is InChI=1S/C18H21N3O5/c1-18(2,3)12-4-6-13(7-5-12)19-15(23)11-26-16(24)10-21-9-8-14(22)20-17(21)25/h4-9H,10-11H2,1-3H3,(H,19,23)(H,20,22,25). The fourth-order valence-electron chi connectivity index (χ4n) is 2.15. The first-order valence-electron chi connectivity index (χ1n) is 8.01. The molecule has 8 heteroatoms. The number of H-pyrrole nitrogens is 1. The number of anilines is 1. The first kappa shape index (κ1) is 19.2. The molecule has 0 saturated heterocycles. The highest BCUT2D eigenvalue weighted by Gasteiger charge is 2.14. The smallest absolute Gasteiger partial charge is 0.328 e. The molecule has 2 aromatic rings. The van der Waals surface area contributed by atoms with E-state index in [-0.39, 0.29) is 5.41 Å². The Balaban J connectivity index is 1.85. The molecule has 8 nitrogen and oxygen atoms in total. The van der Waals surface area contributed by atoms with E-state index in [9.17, 15) is 19.2 Å². The highest BCUT2D eigenvalue weighted by Crippen LogP contribution is 2.23. The van der Waals surface area contributed by atoms with Crippen molar-refractivity contribution in [1.29, 1.82) is 0 Å². The van der Waals surface area contributed by atoms with Crippen LogP contribution in [0.5, 0.6) is 0 Å². The molecule has 1 amide bonds. The maximum Gasteiger partial charge on any atom is 0.328 e. The minimum absolute atomic E-state index is 0.0118. The molecule has 0 atom stereocenters. The number of aromatic nitrogens is 2. The summed E-state index contributed by atoms with van der Waals surface area (Å²) in [6.45, 7) is 5.40. The number of nitrogens with one attached hydrogen (secondary N) is 2. The van der Waals surface area contributed by atoms with Crippen LogP contribution in [-0.2, 0) is 26.3 Å². The van der Waals surface area contributed by atoms with E-state index in [0.29, 0.717) is 5.69 Å². The van der Waals surface area contributed by atoms with Crippen molar-refractivity contribution in [3.8, 4) is 0 Å². The van der Waals surface area contributed by atoms with Gasteiger partial charge in [-0.05, 0) is 23.1 Å². The normalized spacial score (nSPS) is 11.0. The Labute approximate surface area is 149 Å². The highest BCUT2D eigenvalue weighted by atomic mass is 16.5. The number of amides is 1. The van der Waals surface area contributed by atoms with Crippen molar-refractivity contribution >= 4 is 17.6 Å². The van der Waals surface area contributed by atoms with E-state index >= 15 is 0 Å². The predicted octanol–water partition coefficient (Wildman–Crippen LogP) is 1.02. The third-order valence-electron chi connectivity index (χ3n) is 3.60. The molecule has 0 aliphatic carbocycles. The van der Waals surface area contributed by atoms with Gasteiger partial charge in [-0.1, -0.05) is 32.9 Å². The van der Waals surface area contributed by atoms with Crippen LogP contribution in [0.25, 0.3) is 0 Å². The second-order valence-electron chi connectivity index (χ2n) is 6.77. The lowest BCUT2D eigenvalue weighted by molar-refractivity contribution is -0.148. The van der Waals surface area contributed by atoms with Crippen molar-refractivity contribution in [1.82, 2.24) is 9.55 Å². The van der Waals surface area contributed by atoms with Crippen molar-refractivity contribution in [3.63, 3.8) is 0 Å². The molecule has 2 rings (SSSR count). The van der Waals surface area contributed by atoms with E-state index < -0.39 is 36.3 Å². The average Bonchev–Trinajstić information content (AvgIpc) is 2.55. The molecule has 0 unspecified atom stereocenters. The van der Waals surface area contributed by atoms with Gasteiger partial charge in [0.25, 0.3) is 11.5 Å². The first-order valence-corrected chi connectivity index (χ1v) is 8.01. The van der Waals surface area contributed by atoms with Gasteiger partial charge in [0.1, 0.15) is 6.54 Å². The van der Waals surface area contributed by atoms with Gasteiger partial charge in [-0.3, -0.25) is 23.9 Å². The average molecular weight is 359 g/mol. The number of hydrogen-bond acceptors (Lipinski definition) is 5. The lowest BCUT2D eigenvalue weighted by Gasteiger charge is -2.19. The lowest BCUT2D eigenvalue weighted by Crippen LogP contribution is -2.32. The van der Waals surface area contributed by atoms with Gasteiger partial charge in [0.15, 0.2) is 6.61 Å². The molecule has 1 heterocycles. The van der Waals surface area contributed by atoms with Gasteiger partial charge in [-0.2, -0.15) is 0 Å². The van der Waals surface area contributed by atoms with Gasteiger partial charge < -0.3 is 10.1 Å². The molecule has 0 bridgehead atoms. The molecule has 26 heavy (non-hydrogen) atoms. The van der Waals surface area contributed by atoms with Crippen LogP contribution in [-0.4, -0.2) is 28.0 Å². The number of ether oxygens (including phenoxy) is 1. The summed E-state index contributed by atoms with van der Waals surface area (Å²) in [5.41, 5.74) is 0.455. The molecule has 1 aromatic carbocycles. The fraction of sp³-hybridized carbons (Fsp3) is 0.333. The number of carbonyl (C=O) groups excluding carboxylic acids is 2. The molecule has 0 spiro atoms. The molecule has 0 fully saturated rings. The summed E-state index contributed by atoms with van der Waals surface area (Å²) in [5.74, 6) is -1.26. The van der Waals surface area contributed by atoms with Gasteiger partial charge in [0.05, 0.1) is 0 Å². The Kier molecular flexibility index (Phi) is 5.76. The summed E-state index contributed by atoms with van der Waals surface area (Å²) in [7, 11) is 0. The zero-order valence-electron chi connectivity index (χ0n) is 14.9. The lowest BCUT2D eigenvalue weighted by atomic mass is 9.87. The Hall–Kier alpha value is -3.16. The molecular weight excluding hydrogens is 338 g/mol. The van der Waals surface area contributed by atoms with Crippen molar-refractivity contribution < 1.29 is 14.3 Å².